The third-order valence-electron chi connectivity index (χ3n) is 5.20. The molecule has 0 unspecified atom stereocenters. The van der Waals surface area contributed by atoms with E-state index in [0.717, 1.165) is 29.2 Å². The van der Waals surface area contributed by atoms with Gasteiger partial charge in [-0.3, -0.25) is 9.78 Å². The van der Waals surface area contributed by atoms with Gasteiger partial charge in [0.2, 0.25) is 11.7 Å². The molecule has 0 aliphatic carbocycles. The second-order valence-electron chi connectivity index (χ2n) is 7.00. The zero-order valence-electron chi connectivity index (χ0n) is 15.5. The molecule has 1 fully saturated rings. The summed E-state index contributed by atoms with van der Waals surface area (Å²) in [6.45, 7) is 0.628. The van der Waals surface area contributed by atoms with Gasteiger partial charge in [-0.2, -0.15) is 4.98 Å². The van der Waals surface area contributed by atoms with Gasteiger partial charge in [0.15, 0.2) is 0 Å². The van der Waals surface area contributed by atoms with Gasteiger partial charge in [0.05, 0.1) is 0 Å². The summed E-state index contributed by atoms with van der Waals surface area (Å²) in [6, 6.07) is 16.7. The lowest BCUT2D eigenvalue weighted by Gasteiger charge is -2.22. The van der Waals surface area contributed by atoms with Gasteiger partial charge in [-0.25, -0.2) is 0 Å². The van der Waals surface area contributed by atoms with Crippen LogP contribution in [0.4, 0.5) is 0 Å². The lowest BCUT2D eigenvalue weighted by molar-refractivity contribution is 0.0706. The number of benzene rings is 2. The van der Waals surface area contributed by atoms with Gasteiger partial charge in [-0.1, -0.05) is 53.2 Å². The second-order valence-corrected chi connectivity index (χ2v) is 7.44. The standard InChI is InChI=1S/C22H17ClN4O2/c23-16-7-3-6-15(13-16)20-25-21(29-26-20)18-9-4-12-27(18)22(28)19-17-8-2-1-5-14(17)10-11-24-19/h1-3,5-8,10-11,13,18H,4,9,12H2/t18-/m1/s1. The van der Waals surface area contributed by atoms with E-state index in [4.69, 9.17) is 16.1 Å². The van der Waals surface area contributed by atoms with Crippen LogP contribution in [0.3, 0.4) is 0 Å². The number of nitrogens with zero attached hydrogens (tertiary/aromatic N) is 4. The van der Waals surface area contributed by atoms with Crippen LogP contribution in [0.1, 0.15) is 35.3 Å². The van der Waals surface area contributed by atoms with Crippen LogP contribution in [0.15, 0.2) is 65.3 Å². The molecule has 0 bridgehead atoms. The number of halogens is 1. The monoisotopic (exact) mass is 404 g/mol. The average Bonchev–Trinajstić information content (AvgIpc) is 3.42. The minimum atomic E-state index is -0.260. The molecule has 0 saturated carbocycles. The highest BCUT2D eigenvalue weighted by molar-refractivity contribution is 6.30. The van der Waals surface area contributed by atoms with Crippen LogP contribution in [-0.4, -0.2) is 32.5 Å². The summed E-state index contributed by atoms with van der Waals surface area (Å²) in [5.74, 6) is 0.781. The van der Waals surface area contributed by atoms with Crippen LogP contribution in [0.5, 0.6) is 0 Å². The number of pyridine rings is 1. The van der Waals surface area contributed by atoms with Crippen molar-refractivity contribution in [2.75, 3.05) is 6.54 Å². The quantitative estimate of drug-likeness (QED) is 0.484. The molecule has 7 heteroatoms. The molecule has 29 heavy (non-hydrogen) atoms. The molecule has 1 amide bonds. The van der Waals surface area contributed by atoms with Gasteiger partial charge >= 0.3 is 0 Å². The van der Waals surface area contributed by atoms with E-state index in [2.05, 4.69) is 15.1 Å². The zero-order chi connectivity index (χ0) is 19.8. The summed E-state index contributed by atoms with van der Waals surface area (Å²) in [4.78, 5) is 24.0. The van der Waals surface area contributed by atoms with E-state index in [0.29, 0.717) is 29.0 Å². The maximum Gasteiger partial charge on any atom is 0.273 e. The summed E-state index contributed by atoms with van der Waals surface area (Å²) >= 11 is 6.06. The SMILES string of the molecule is O=C(c1nccc2ccccc12)N1CCC[C@@H]1c1nc(-c2cccc(Cl)c2)no1. The van der Waals surface area contributed by atoms with E-state index in [9.17, 15) is 4.79 Å². The number of fused-ring (bicyclic) bond motifs is 1. The molecule has 1 aliphatic rings. The molecule has 1 aliphatic heterocycles. The molecule has 0 radical (unpaired) electrons. The van der Waals surface area contributed by atoms with Gasteiger partial charge < -0.3 is 9.42 Å². The van der Waals surface area contributed by atoms with E-state index in [-0.39, 0.29) is 11.9 Å². The number of carbonyl (C=O) groups is 1. The number of likely N-dealkylation sites (tertiary alicyclic amines) is 1. The first-order valence-electron chi connectivity index (χ1n) is 9.45. The summed E-state index contributed by atoms with van der Waals surface area (Å²) in [5.41, 5.74) is 1.23. The Hall–Kier alpha value is -3.25. The van der Waals surface area contributed by atoms with Gasteiger partial charge in [-0.05, 0) is 36.4 Å². The minimum Gasteiger partial charge on any atom is -0.337 e. The predicted octanol–water partition coefficient (Wildman–Crippen LogP) is 4.92. The Morgan fingerprint density at radius 2 is 2.03 bits per heavy atom. The lowest BCUT2D eigenvalue weighted by atomic mass is 10.1. The molecule has 4 aromatic rings. The maximum absolute atomic E-state index is 13.3. The molecule has 2 aromatic carbocycles. The molecular weight excluding hydrogens is 388 g/mol. The van der Waals surface area contributed by atoms with E-state index in [1.54, 1.807) is 23.2 Å². The largest absolute Gasteiger partial charge is 0.337 e. The van der Waals surface area contributed by atoms with Crippen LogP contribution in [0.2, 0.25) is 5.02 Å². The van der Waals surface area contributed by atoms with Crippen molar-refractivity contribution in [2.24, 2.45) is 0 Å². The van der Waals surface area contributed by atoms with Gasteiger partial charge in [0, 0.05) is 28.7 Å². The van der Waals surface area contributed by atoms with E-state index < -0.39 is 0 Å². The fraction of sp³-hybridized carbons (Fsp3) is 0.182. The predicted molar refractivity (Wildman–Crippen MR) is 109 cm³/mol. The second kappa shape index (κ2) is 7.29. The lowest BCUT2D eigenvalue weighted by Crippen LogP contribution is -2.31. The topological polar surface area (TPSA) is 72.1 Å². The first-order chi connectivity index (χ1) is 14.2. The van der Waals surface area contributed by atoms with Crippen molar-refractivity contribution in [2.45, 2.75) is 18.9 Å². The molecule has 1 atom stereocenters. The molecule has 5 rings (SSSR count). The molecule has 6 nitrogen and oxygen atoms in total. The summed E-state index contributed by atoms with van der Waals surface area (Å²) in [6.07, 6.45) is 3.31. The van der Waals surface area contributed by atoms with Crippen molar-refractivity contribution in [3.05, 3.63) is 77.4 Å². The highest BCUT2D eigenvalue weighted by atomic mass is 35.5. The first kappa shape index (κ1) is 17.8. The van der Waals surface area contributed by atoms with Crippen LogP contribution in [-0.2, 0) is 0 Å². The van der Waals surface area contributed by atoms with Crippen molar-refractivity contribution >= 4 is 28.3 Å². The minimum absolute atomic E-state index is 0.119. The highest BCUT2D eigenvalue weighted by Crippen LogP contribution is 2.34. The maximum atomic E-state index is 13.3. The first-order valence-corrected chi connectivity index (χ1v) is 9.83. The normalized spacial score (nSPS) is 16.4. The molecule has 0 N–H and O–H groups in total. The Labute approximate surface area is 172 Å². The third kappa shape index (κ3) is 3.25. The molecule has 0 spiro atoms. The molecule has 2 aromatic heterocycles. The Balaban J connectivity index is 1.47. The number of hydrogen-bond acceptors (Lipinski definition) is 5. The molecule has 1 saturated heterocycles. The van der Waals surface area contributed by atoms with Crippen LogP contribution in [0, 0.1) is 0 Å². The zero-order valence-corrected chi connectivity index (χ0v) is 16.2. The number of aromatic nitrogens is 3. The van der Waals surface area contributed by atoms with E-state index >= 15 is 0 Å². The van der Waals surface area contributed by atoms with Crippen LogP contribution < -0.4 is 0 Å². The Kier molecular flexibility index (Phi) is 4.48. The number of rotatable bonds is 3. The van der Waals surface area contributed by atoms with Crippen molar-refractivity contribution in [1.82, 2.24) is 20.0 Å². The van der Waals surface area contributed by atoms with Crippen molar-refractivity contribution in [1.29, 1.82) is 0 Å². The Morgan fingerprint density at radius 1 is 1.14 bits per heavy atom. The number of carbonyl (C=O) groups excluding carboxylic acids is 1. The van der Waals surface area contributed by atoms with Crippen LogP contribution in [0.25, 0.3) is 22.2 Å². The van der Waals surface area contributed by atoms with E-state index in [1.165, 1.54) is 0 Å². The third-order valence-corrected chi connectivity index (χ3v) is 5.43. The molecule has 144 valence electrons. The number of amides is 1. The van der Waals surface area contributed by atoms with Gasteiger partial charge in [0.1, 0.15) is 11.7 Å². The fourth-order valence-electron chi connectivity index (χ4n) is 3.81. The van der Waals surface area contributed by atoms with Crippen molar-refractivity contribution < 1.29 is 9.32 Å². The Morgan fingerprint density at radius 3 is 2.93 bits per heavy atom. The average molecular weight is 405 g/mol. The fourth-order valence-corrected chi connectivity index (χ4v) is 4.00. The van der Waals surface area contributed by atoms with Crippen molar-refractivity contribution in [3.8, 4) is 11.4 Å². The Bertz CT molecular complexity index is 1200. The van der Waals surface area contributed by atoms with Gasteiger partial charge in [-0.15, -0.1) is 0 Å². The van der Waals surface area contributed by atoms with E-state index in [1.807, 2.05) is 42.5 Å². The van der Waals surface area contributed by atoms with Crippen molar-refractivity contribution in [3.63, 3.8) is 0 Å². The smallest absolute Gasteiger partial charge is 0.273 e. The highest BCUT2D eigenvalue weighted by Gasteiger charge is 2.35. The summed E-state index contributed by atoms with van der Waals surface area (Å²) < 4.78 is 5.53. The summed E-state index contributed by atoms with van der Waals surface area (Å²) in [5, 5.41) is 6.53. The molecule has 3 heterocycles. The number of hydrogen-bond donors (Lipinski definition) is 0. The van der Waals surface area contributed by atoms with Crippen LogP contribution >= 0.6 is 11.6 Å². The summed E-state index contributed by atoms with van der Waals surface area (Å²) in [7, 11) is 0. The molecular formula is C22H17ClN4O2. The van der Waals surface area contributed by atoms with Gasteiger partial charge in [0.25, 0.3) is 5.91 Å².